The van der Waals surface area contributed by atoms with Crippen molar-refractivity contribution in [2.24, 2.45) is 5.92 Å². The van der Waals surface area contributed by atoms with Gasteiger partial charge in [0, 0.05) is 12.7 Å². The number of ether oxygens (including phenoxy) is 3. The number of fused-ring (bicyclic) bond motifs is 4. The molecule has 3 nitrogen and oxygen atoms in total. The first-order valence-corrected chi connectivity index (χ1v) is 7.21. The number of methoxy groups -OCH3 is 1. The third-order valence-electron chi connectivity index (χ3n) is 4.41. The van der Waals surface area contributed by atoms with Crippen molar-refractivity contribution in [1.29, 1.82) is 0 Å². The molecule has 0 spiro atoms. The Morgan fingerprint density at radius 1 is 1.15 bits per heavy atom. The Bertz CT molecular complexity index is 637. The first kappa shape index (κ1) is 12.2. The van der Waals surface area contributed by atoms with E-state index in [0.29, 0.717) is 0 Å². The summed E-state index contributed by atoms with van der Waals surface area (Å²) in [5.74, 6) is 1.19. The van der Waals surface area contributed by atoms with Crippen molar-refractivity contribution in [2.45, 2.75) is 25.2 Å². The fourth-order valence-corrected chi connectivity index (χ4v) is 3.50. The van der Waals surface area contributed by atoms with Crippen LogP contribution in [0.25, 0.3) is 10.8 Å². The molecule has 1 saturated heterocycles. The lowest BCUT2D eigenvalue weighted by Gasteiger charge is -2.41. The summed E-state index contributed by atoms with van der Waals surface area (Å²) in [5, 5.41) is 2.45. The van der Waals surface area contributed by atoms with Crippen LogP contribution in [0.1, 0.15) is 24.5 Å². The van der Waals surface area contributed by atoms with Gasteiger partial charge < -0.3 is 14.2 Å². The molecule has 0 unspecified atom stereocenters. The van der Waals surface area contributed by atoms with Gasteiger partial charge in [-0.05, 0) is 29.7 Å². The first-order chi connectivity index (χ1) is 9.88. The van der Waals surface area contributed by atoms with Gasteiger partial charge in [0.05, 0.1) is 18.6 Å². The topological polar surface area (TPSA) is 27.7 Å². The van der Waals surface area contributed by atoms with Crippen molar-refractivity contribution in [3.8, 4) is 5.75 Å². The Labute approximate surface area is 118 Å². The standard InChI is InChI=1S/C17H18O3/c1-18-16-13-7-4-10-19-17(13)20-14-9-8-11-5-2-3-6-12(11)15(14)16/h2-3,5-6,8-9,13,16-17H,4,7,10H2,1H3/t13-,16-,17+/m0/s1. The summed E-state index contributed by atoms with van der Waals surface area (Å²) in [6, 6.07) is 12.5. The minimum absolute atomic E-state index is 0.0511. The number of benzene rings is 2. The van der Waals surface area contributed by atoms with Crippen LogP contribution in [0.2, 0.25) is 0 Å². The lowest BCUT2D eigenvalue weighted by Crippen LogP contribution is -2.41. The normalized spacial score (nSPS) is 28.6. The van der Waals surface area contributed by atoms with Gasteiger partial charge in [0.1, 0.15) is 5.75 Å². The van der Waals surface area contributed by atoms with Crippen molar-refractivity contribution in [2.75, 3.05) is 13.7 Å². The highest BCUT2D eigenvalue weighted by atomic mass is 16.7. The van der Waals surface area contributed by atoms with Gasteiger partial charge in [0.25, 0.3) is 0 Å². The minimum Gasteiger partial charge on any atom is -0.464 e. The number of rotatable bonds is 1. The zero-order valence-corrected chi connectivity index (χ0v) is 11.5. The van der Waals surface area contributed by atoms with Crippen LogP contribution in [-0.2, 0) is 9.47 Å². The van der Waals surface area contributed by atoms with E-state index in [-0.39, 0.29) is 18.3 Å². The number of hydrogen-bond donors (Lipinski definition) is 0. The molecule has 0 saturated carbocycles. The molecule has 0 aliphatic carbocycles. The molecule has 4 rings (SSSR count). The van der Waals surface area contributed by atoms with Crippen LogP contribution in [0.3, 0.4) is 0 Å². The van der Waals surface area contributed by atoms with E-state index in [1.165, 1.54) is 16.3 Å². The Morgan fingerprint density at radius 2 is 2.05 bits per heavy atom. The molecule has 0 aromatic heterocycles. The Hall–Kier alpha value is -1.58. The van der Waals surface area contributed by atoms with Gasteiger partial charge in [-0.25, -0.2) is 0 Å². The summed E-state index contributed by atoms with van der Waals surface area (Å²) in [6.45, 7) is 0.778. The van der Waals surface area contributed by atoms with Crippen LogP contribution in [0, 0.1) is 5.92 Å². The Kier molecular flexibility index (Phi) is 2.90. The third-order valence-corrected chi connectivity index (χ3v) is 4.41. The maximum atomic E-state index is 6.07. The fraction of sp³-hybridized carbons (Fsp3) is 0.412. The molecule has 0 N–H and O–H groups in total. The van der Waals surface area contributed by atoms with E-state index >= 15 is 0 Å². The summed E-state index contributed by atoms with van der Waals surface area (Å²) in [6.07, 6.45) is 2.05. The quantitative estimate of drug-likeness (QED) is 0.791. The van der Waals surface area contributed by atoms with E-state index in [1.807, 2.05) is 6.07 Å². The lowest BCUT2D eigenvalue weighted by atomic mass is 9.84. The molecule has 2 heterocycles. The molecule has 3 heteroatoms. The third kappa shape index (κ3) is 1.74. The van der Waals surface area contributed by atoms with Crippen molar-refractivity contribution in [3.63, 3.8) is 0 Å². The van der Waals surface area contributed by atoms with Gasteiger partial charge >= 0.3 is 0 Å². The highest BCUT2D eigenvalue weighted by Crippen LogP contribution is 2.47. The Morgan fingerprint density at radius 3 is 2.95 bits per heavy atom. The largest absolute Gasteiger partial charge is 0.464 e. The molecular formula is C17H18O3. The molecule has 0 bridgehead atoms. The van der Waals surface area contributed by atoms with E-state index < -0.39 is 0 Å². The van der Waals surface area contributed by atoms with Gasteiger partial charge in [-0.2, -0.15) is 0 Å². The van der Waals surface area contributed by atoms with Gasteiger partial charge in [-0.15, -0.1) is 0 Å². The molecule has 2 aromatic carbocycles. The van der Waals surface area contributed by atoms with Crippen LogP contribution in [-0.4, -0.2) is 20.0 Å². The maximum Gasteiger partial charge on any atom is 0.205 e. The van der Waals surface area contributed by atoms with Crippen LogP contribution in [0.5, 0.6) is 5.75 Å². The summed E-state index contributed by atoms with van der Waals surface area (Å²) in [7, 11) is 1.78. The smallest absolute Gasteiger partial charge is 0.205 e. The molecule has 20 heavy (non-hydrogen) atoms. The molecule has 0 radical (unpaired) electrons. The second kappa shape index (κ2) is 4.76. The zero-order chi connectivity index (χ0) is 13.5. The van der Waals surface area contributed by atoms with E-state index in [9.17, 15) is 0 Å². The monoisotopic (exact) mass is 270 g/mol. The molecular weight excluding hydrogens is 252 g/mol. The van der Waals surface area contributed by atoms with Crippen LogP contribution < -0.4 is 4.74 Å². The minimum atomic E-state index is -0.164. The van der Waals surface area contributed by atoms with Crippen LogP contribution in [0.4, 0.5) is 0 Å². The molecule has 0 amide bonds. The first-order valence-electron chi connectivity index (χ1n) is 7.21. The second-order valence-corrected chi connectivity index (χ2v) is 5.52. The lowest BCUT2D eigenvalue weighted by molar-refractivity contribution is -0.185. The highest BCUT2D eigenvalue weighted by molar-refractivity contribution is 5.88. The highest BCUT2D eigenvalue weighted by Gasteiger charge is 2.41. The molecule has 2 aliphatic heterocycles. The zero-order valence-electron chi connectivity index (χ0n) is 11.5. The van der Waals surface area contributed by atoms with Crippen molar-refractivity contribution >= 4 is 10.8 Å². The molecule has 104 valence electrons. The van der Waals surface area contributed by atoms with Crippen molar-refractivity contribution in [3.05, 3.63) is 42.0 Å². The summed E-state index contributed by atoms with van der Waals surface area (Å²) >= 11 is 0. The van der Waals surface area contributed by atoms with E-state index in [1.54, 1.807) is 7.11 Å². The summed E-state index contributed by atoms with van der Waals surface area (Å²) in [5.41, 5.74) is 1.18. The fourth-order valence-electron chi connectivity index (χ4n) is 3.50. The van der Waals surface area contributed by atoms with Gasteiger partial charge in [0.2, 0.25) is 6.29 Å². The molecule has 1 fully saturated rings. The predicted octanol–water partition coefficient (Wildman–Crippen LogP) is 3.67. The van der Waals surface area contributed by atoms with E-state index in [0.717, 1.165) is 25.2 Å². The summed E-state index contributed by atoms with van der Waals surface area (Å²) < 4.78 is 17.7. The van der Waals surface area contributed by atoms with E-state index in [2.05, 4.69) is 30.3 Å². The average Bonchev–Trinajstić information content (AvgIpc) is 2.52. The predicted molar refractivity (Wildman–Crippen MR) is 76.8 cm³/mol. The van der Waals surface area contributed by atoms with Crippen LogP contribution >= 0.6 is 0 Å². The Balaban J connectivity index is 1.91. The maximum absolute atomic E-state index is 6.07. The molecule has 2 aromatic rings. The molecule has 2 aliphatic rings. The van der Waals surface area contributed by atoms with Crippen molar-refractivity contribution < 1.29 is 14.2 Å². The van der Waals surface area contributed by atoms with E-state index in [4.69, 9.17) is 14.2 Å². The molecule has 3 atom stereocenters. The van der Waals surface area contributed by atoms with Gasteiger partial charge in [0.15, 0.2) is 0 Å². The van der Waals surface area contributed by atoms with Gasteiger partial charge in [-0.3, -0.25) is 0 Å². The van der Waals surface area contributed by atoms with Crippen molar-refractivity contribution in [1.82, 2.24) is 0 Å². The second-order valence-electron chi connectivity index (χ2n) is 5.52. The number of hydrogen-bond acceptors (Lipinski definition) is 3. The van der Waals surface area contributed by atoms with Crippen LogP contribution in [0.15, 0.2) is 36.4 Å². The SMILES string of the molecule is CO[C@@H]1c2c(ccc3ccccc23)O[C@H]2OCCC[C@H]21. The summed E-state index contributed by atoms with van der Waals surface area (Å²) in [4.78, 5) is 0. The van der Waals surface area contributed by atoms with Gasteiger partial charge in [-0.1, -0.05) is 30.3 Å². The average molecular weight is 270 g/mol.